The first-order chi connectivity index (χ1) is 14.1. The third-order valence-electron chi connectivity index (χ3n) is 5.92. The first kappa shape index (κ1) is 17.9. The molecule has 3 heterocycles. The predicted molar refractivity (Wildman–Crippen MR) is 116 cm³/mol. The zero-order valence-corrected chi connectivity index (χ0v) is 16.9. The number of aromatic nitrogens is 3. The summed E-state index contributed by atoms with van der Waals surface area (Å²) in [5, 5.41) is 7.10. The fourth-order valence-corrected chi connectivity index (χ4v) is 4.30. The molecular formula is C23H25N5O. The molecule has 6 nitrogen and oxygen atoms in total. The molecule has 0 radical (unpaired) electrons. The first-order valence-electron chi connectivity index (χ1n) is 10.1. The van der Waals surface area contributed by atoms with Gasteiger partial charge in [0.15, 0.2) is 0 Å². The van der Waals surface area contributed by atoms with Crippen LogP contribution in [0.15, 0.2) is 48.5 Å². The predicted octanol–water partition coefficient (Wildman–Crippen LogP) is 3.39. The van der Waals surface area contributed by atoms with Crippen LogP contribution in [0.1, 0.15) is 12.5 Å². The average Bonchev–Trinajstić information content (AvgIpc) is 3.29. The maximum atomic E-state index is 11.5. The molecule has 148 valence electrons. The van der Waals surface area contributed by atoms with Crippen molar-refractivity contribution in [2.75, 3.05) is 26.2 Å². The molecule has 0 atom stereocenters. The molecule has 4 aromatic rings. The van der Waals surface area contributed by atoms with Crippen molar-refractivity contribution >= 4 is 27.7 Å². The Morgan fingerprint density at radius 1 is 1.07 bits per heavy atom. The third-order valence-corrected chi connectivity index (χ3v) is 5.92. The lowest BCUT2D eigenvalue weighted by molar-refractivity contribution is -0.130. The molecular weight excluding hydrogens is 362 g/mol. The van der Waals surface area contributed by atoms with E-state index in [1.165, 1.54) is 10.9 Å². The normalized spacial score (nSPS) is 15.4. The highest BCUT2D eigenvalue weighted by Gasteiger charge is 2.19. The molecule has 29 heavy (non-hydrogen) atoms. The van der Waals surface area contributed by atoms with E-state index in [-0.39, 0.29) is 5.91 Å². The lowest BCUT2D eigenvalue weighted by Crippen LogP contribution is -2.47. The lowest BCUT2D eigenvalue weighted by atomic mass is 10.1. The Morgan fingerprint density at radius 2 is 1.86 bits per heavy atom. The summed E-state index contributed by atoms with van der Waals surface area (Å²) in [7, 11) is 1.98. The molecule has 1 aliphatic rings. The number of carbonyl (C=O) groups excluding carboxylic acids is 1. The molecule has 5 rings (SSSR count). The topological polar surface area (TPSA) is 57.2 Å². The Balaban J connectivity index is 1.40. The molecule has 0 spiro atoms. The van der Waals surface area contributed by atoms with Crippen LogP contribution in [0.5, 0.6) is 0 Å². The van der Waals surface area contributed by atoms with E-state index in [0.717, 1.165) is 60.5 Å². The van der Waals surface area contributed by atoms with Crippen molar-refractivity contribution in [2.24, 2.45) is 7.05 Å². The number of amides is 1. The summed E-state index contributed by atoms with van der Waals surface area (Å²) in [6.45, 7) is 6.05. The summed E-state index contributed by atoms with van der Waals surface area (Å²) in [6.07, 6.45) is 0. The van der Waals surface area contributed by atoms with E-state index < -0.39 is 0 Å². The maximum Gasteiger partial charge on any atom is 0.219 e. The van der Waals surface area contributed by atoms with Crippen LogP contribution in [0.4, 0.5) is 0 Å². The fraction of sp³-hybridized carbons (Fsp3) is 0.304. The summed E-state index contributed by atoms with van der Waals surface area (Å²) in [4.78, 5) is 19.4. The van der Waals surface area contributed by atoms with E-state index in [0.29, 0.717) is 0 Å². The van der Waals surface area contributed by atoms with Crippen LogP contribution >= 0.6 is 0 Å². The number of rotatable bonds is 3. The van der Waals surface area contributed by atoms with Gasteiger partial charge >= 0.3 is 0 Å². The van der Waals surface area contributed by atoms with Gasteiger partial charge in [-0.25, -0.2) is 0 Å². The number of piperazine rings is 1. The number of hydrogen-bond acceptors (Lipinski definition) is 3. The molecule has 0 bridgehead atoms. The van der Waals surface area contributed by atoms with Crippen LogP contribution in [0.2, 0.25) is 0 Å². The number of aryl methyl sites for hydroxylation is 1. The van der Waals surface area contributed by atoms with Gasteiger partial charge in [-0.05, 0) is 29.8 Å². The van der Waals surface area contributed by atoms with Crippen LogP contribution in [0.3, 0.4) is 0 Å². The van der Waals surface area contributed by atoms with Crippen molar-refractivity contribution in [3.8, 4) is 11.4 Å². The number of hydrogen-bond donors (Lipinski definition) is 1. The third kappa shape index (κ3) is 3.29. The highest BCUT2D eigenvalue weighted by atomic mass is 16.2. The van der Waals surface area contributed by atoms with Crippen molar-refractivity contribution in [3.05, 3.63) is 54.1 Å². The van der Waals surface area contributed by atoms with Gasteiger partial charge in [-0.3, -0.25) is 14.4 Å². The molecule has 0 saturated carbocycles. The van der Waals surface area contributed by atoms with Gasteiger partial charge in [0, 0.05) is 63.0 Å². The molecule has 1 saturated heterocycles. The van der Waals surface area contributed by atoms with E-state index in [1.54, 1.807) is 6.92 Å². The number of benzene rings is 2. The Hall–Kier alpha value is -3.12. The Bertz CT molecular complexity index is 1200. The summed E-state index contributed by atoms with van der Waals surface area (Å²) in [5.41, 5.74) is 5.59. The van der Waals surface area contributed by atoms with Gasteiger partial charge in [0.05, 0.1) is 11.2 Å². The van der Waals surface area contributed by atoms with E-state index in [1.807, 2.05) is 22.7 Å². The highest BCUT2D eigenvalue weighted by molar-refractivity contribution is 5.96. The van der Waals surface area contributed by atoms with Crippen molar-refractivity contribution < 1.29 is 4.79 Å². The highest BCUT2D eigenvalue weighted by Crippen LogP contribution is 2.30. The largest absolute Gasteiger partial charge is 0.353 e. The smallest absolute Gasteiger partial charge is 0.219 e. The van der Waals surface area contributed by atoms with Crippen molar-refractivity contribution in [1.82, 2.24) is 24.6 Å². The summed E-state index contributed by atoms with van der Waals surface area (Å²) < 4.78 is 1.93. The second-order valence-electron chi connectivity index (χ2n) is 7.88. The summed E-state index contributed by atoms with van der Waals surface area (Å²) >= 11 is 0. The van der Waals surface area contributed by atoms with Crippen LogP contribution in [-0.2, 0) is 18.4 Å². The standard InChI is InChI=1S/C23H25N5O/c1-16(29)28-11-9-27(10-12-28)15-17-7-8-20-18(13-17)14-21(24-20)23-19-5-3-4-6-22(19)26(2)25-23/h3-8,13-14,24H,9-12,15H2,1-2H3. The quantitative estimate of drug-likeness (QED) is 0.586. The second kappa shape index (κ2) is 7.04. The number of nitrogens with one attached hydrogen (secondary N) is 1. The van der Waals surface area contributed by atoms with E-state index in [2.05, 4.69) is 52.3 Å². The van der Waals surface area contributed by atoms with Crippen molar-refractivity contribution in [2.45, 2.75) is 13.5 Å². The zero-order valence-electron chi connectivity index (χ0n) is 16.9. The molecule has 1 N–H and O–H groups in total. The minimum absolute atomic E-state index is 0.174. The summed E-state index contributed by atoms with van der Waals surface area (Å²) in [6, 6.07) is 17.1. The Kier molecular flexibility index (Phi) is 4.36. The number of fused-ring (bicyclic) bond motifs is 2. The molecule has 1 amide bonds. The lowest BCUT2D eigenvalue weighted by Gasteiger charge is -2.34. The molecule has 2 aromatic carbocycles. The van der Waals surface area contributed by atoms with Crippen LogP contribution in [0.25, 0.3) is 33.2 Å². The SMILES string of the molecule is CC(=O)N1CCN(Cc2ccc3[nH]c(-c4nn(C)c5ccccc45)cc3c2)CC1. The van der Waals surface area contributed by atoms with Gasteiger partial charge in [0.1, 0.15) is 5.69 Å². The van der Waals surface area contributed by atoms with Gasteiger partial charge < -0.3 is 9.88 Å². The summed E-state index contributed by atoms with van der Waals surface area (Å²) in [5.74, 6) is 0.174. The first-order valence-corrected chi connectivity index (χ1v) is 10.1. The maximum absolute atomic E-state index is 11.5. The van der Waals surface area contributed by atoms with E-state index in [9.17, 15) is 4.79 Å². The van der Waals surface area contributed by atoms with Crippen LogP contribution < -0.4 is 0 Å². The molecule has 0 unspecified atom stereocenters. The van der Waals surface area contributed by atoms with Crippen molar-refractivity contribution in [1.29, 1.82) is 0 Å². The number of carbonyl (C=O) groups is 1. The number of H-pyrrole nitrogens is 1. The van der Waals surface area contributed by atoms with Gasteiger partial charge in [0.25, 0.3) is 0 Å². The molecule has 1 fully saturated rings. The van der Waals surface area contributed by atoms with Crippen molar-refractivity contribution in [3.63, 3.8) is 0 Å². The average molecular weight is 387 g/mol. The molecule has 0 aliphatic carbocycles. The monoisotopic (exact) mass is 387 g/mol. The van der Waals surface area contributed by atoms with Crippen LogP contribution in [-0.4, -0.2) is 56.7 Å². The minimum Gasteiger partial charge on any atom is -0.353 e. The molecule has 2 aromatic heterocycles. The van der Waals surface area contributed by atoms with Gasteiger partial charge in [-0.15, -0.1) is 0 Å². The zero-order chi connectivity index (χ0) is 20.0. The van der Waals surface area contributed by atoms with E-state index >= 15 is 0 Å². The van der Waals surface area contributed by atoms with Gasteiger partial charge in [-0.2, -0.15) is 5.10 Å². The van der Waals surface area contributed by atoms with Gasteiger partial charge in [-0.1, -0.05) is 24.3 Å². The second-order valence-corrected chi connectivity index (χ2v) is 7.88. The number of aromatic amines is 1. The number of para-hydroxylation sites is 1. The van der Waals surface area contributed by atoms with Gasteiger partial charge in [0.2, 0.25) is 5.91 Å². The minimum atomic E-state index is 0.174. The van der Waals surface area contributed by atoms with E-state index in [4.69, 9.17) is 5.10 Å². The number of nitrogens with zero attached hydrogens (tertiary/aromatic N) is 4. The molecule has 6 heteroatoms. The molecule has 1 aliphatic heterocycles. The van der Waals surface area contributed by atoms with Crippen LogP contribution in [0, 0.1) is 0 Å². The Morgan fingerprint density at radius 3 is 2.66 bits per heavy atom. The Labute approximate surface area is 169 Å². The fourth-order valence-electron chi connectivity index (χ4n) is 4.30.